The van der Waals surface area contributed by atoms with E-state index in [1.165, 1.54) is 12.1 Å². The standard InChI is InChI=1S/C17H16ClFN2S/c18-15-4-2-1-3-14(15)16(11-5-7-12(19)8-6-11)21-17(22)20-13-9-10-13/h1-8,13,16H,9-10H2,(H2,20,21,22)/t16-/m0/s1. The number of hydrogen-bond acceptors (Lipinski definition) is 1. The van der Waals surface area contributed by atoms with E-state index in [2.05, 4.69) is 10.6 Å². The monoisotopic (exact) mass is 334 g/mol. The molecule has 2 aromatic carbocycles. The molecule has 22 heavy (non-hydrogen) atoms. The summed E-state index contributed by atoms with van der Waals surface area (Å²) >= 11 is 11.7. The van der Waals surface area contributed by atoms with Crippen LogP contribution in [0.4, 0.5) is 4.39 Å². The van der Waals surface area contributed by atoms with E-state index < -0.39 is 0 Å². The zero-order valence-corrected chi connectivity index (χ0v) is 13.4. The van der Waals surface area contributed by atoms with Crippen molar-refractivity contribution in [3.8, 4) is 0 Å². The molecule has 5 heteroatoms. The fraction of sp³-hybridized carbons (Fsp3) is 0.235. The van der Waals surface area contributed by atoms with Crippen LogP contribution in [0.25, 0.3) is 0 Å². The molecule has 1 aliphatic carbocycles. The first-order valence-corrected chi connectivity index (χ1v) is 7.99. The Morgan fingerprint density at radius 1 is 1.14 bits per heavy atom. The largest absolute Gasteiger partial charge is 0.360 e. The van der Waals surface area contributed by atoms with Crippen molar-refractivity contribution >= 4 is 28.9 Å². The summed E-state index contributed by atoms with van der Waals surface area (Å²) in [5, 5.41) is 7.80. The third kappa shape index (κ3) is 3.76. The summed E-state index contributed by atoms with van der Waals surface area (Å²) in [6.07, 6.45) is 2.30. The van der Waals surface area contributed by atoms with Crippen LogP contribution in [0.3, 0.4) is 0 Å². The lowest BCUT2D eigenvalue weighted by Crippen LogP contribution is -2.39. The Kier molecular flexibility index (Phi) is 4.60. The van der Waals surface area contributed by atoms with Crippen LogP contribution in [0.2, 0.25) is 5.02 Å². The molecule has 3 rings (SSSR count). The van der Waals surface area contributed by atoms with Gasteiger partial charge in [-0.15, -0.1) is 0 Å². The number of thiocarbonyl (C=S) groups is 1. The molecule has 0 spiro atoms. The lowest BCUT2D eigenvalue weighted by molar-refractivity contribution is 0.625. The molecule has 0 saturated heterocycles. The molecule has 1 aliphatic rings. The second-order valence-electron chi connectivity index (χ2n) is 5.40. The summed E-state index contributed by atoms with van der Waals surface area (Å²) in [7, 11) is 0. The van der Waals surface area contributed by atoms with E-state index in [0.717, 1.165) is 24.0 Å². The minimum Gasteiger partial charge on any atom is -0.360 e. The van der Waals surface area contributed by atoms with Crippen molar-refractivity contribution in [3.05, 3.63) is 70.5 Å². The molecular weight excluding hydrogens is 319 g/mol. The maximum absolute atomic E-state index is 13.2. The zero-order valence-electron chi connectivity index (χ0n) is 11.9. The van der Waals surface area contributed by atoms with Gasteiger partial charge in [0.25, 0.3) is 0 Å². The second-order valence-corrected chi connectivity index (χ2v) is 6.21. The molecular formula is C17H16ClFN2S. The molecule has 2 N–H and O–H groups in total. The molecule has 0 amide bonds. The molecule has 1 atom stereocenters. The fourth-order valence-electron chi connectivity index (χ4n) is 2.29. The van der Waals surface area contributed by atoms with Crippen molar-refractivity contribution in [1.82, 2.24) is 10.6 Å². The molecule has 0 radical (unpaired) electrons. The highest BCUT2D eigenvalue weighted by molar-refractivity contribution is 7.80. The van der Waals surface area contributed by atoms with Crippen LogP contribution >= 0.6 is 23.8 Å². The van der Waals surface area contributed by atoms with Gasteiger partial charge in [-0.05, 0) is 54.4 Å². The molecule has 0 aliphatic heterocycles. The first-order valence-electron chi connectivity index (χ1n) is 7.20. The predicted octanol–water partition coefficient (Wildman–Crippen LogP) is 4.20. The van der Waals surface area contributed by atoms with E-state index in [-0.39, 0.29) is 11.9 Å². The highest BCUT2D eigenvalue weighted by Gasteiger charge is 2.24. The first-order chi connectivity index (χ1) is 10.6. The van der Waals surface area contributed by atoms with Gasteiger partial charge in [-0.25, -0.2) is 4.39 Å². The van der Waals surface area contributed by atoms with Crippen LogP contribution < -0.4 is 10.6 Å². The van der Waals surface area contributed by atoms with E-state index in [1.807, 2.05) is 24.3 Å². The highest BCUT2D eigenvalue weighted by Crippen LogP contribution is 2.28. The number of hydrogen-bond donors (Lipinski definition) is 2. The van der Waals surface area contributed by atoms with Gasteiger partial charge in [-0.1, -0.05) is 41.9 Å². The smallest absolute Gasteiger partial charge is 0.167 e. The lowest BCUT2D eigenvalue weighted by atomic mass is 9.99. The van der Waals surface area contributed by atoms with Crippen LogP contribution in [0, 0.1) is 5.82 Å². The molecule has 2 aromatic rings. The quantitative estimate of drug-likeness (QED) is 0.820. The van der Waals surface area contributed by atoms with Crippen molar-refractivity contribution in [2.45, 2.75) is 24.9 Å². The molecule has 114 valence electrons. The topological polar surface area (TPSA) is 24.1 Å². The summed E-state index contributed by atoms with van der Waals surface area (Å²) in [4.78, 5) is 0. The third-order valence-electron chi connectivity index (χ3n) is 3.61. The normalized spacial score (nSPS) is 15.2. The van der Waals surface area contributed by atoms with Crippen molar-refractivity contribution in [2.24, 2.45) is 0 Å². The van der Waals surface area contributed by atoms with Crippen molar-refractivity contribution in [2.75, 3.05) is 0 Å². The predicted molar refractivity (Wildman–Crippen MR) is 91.6 cm³/mol. The number of rotatable bonds is 4. The summed E-state index contributed by atoms with van der Waals surface area (Å²) in [5.74, 6) is -0.264. The van der Waals surface area contributed by atoms with Crippen LogP contribution in [0.15, 0.2) is 48.5 Å². The highest BCUT2D eigenvalue weighted by atomic mass is 35.5. The van der Waals surface area contributed by atoms with Crippen molar-refractivity contribution in [1.29, 1.82) is 0 Å². The van der Waals surface area contributed by atoms with Crippen molar-refractivity contribution < 1.29 is 4.39 Å². The third-order valence-corrected chi connectivity index (χ3v) is 4.19. The van der Waals surface area contributed by atoms with Gasteiger partial charge in [0.1, 0.15) is 5.82 Å². The van der Waals surface area contributed by atoms with E-state index in [4.69, 9.17) is 23.8 Å². The number of nitrogens with one attached hydrogen (secondary N) is 2. The summed E-state index contributed by atoms with van der Waals surface area (Å²) < 4.78 is 13.2. The van der Waals surface area contributed by atoms with Crippen LogP contribution in [0.1, 0.15) is 30.0 Å². The van der Waals surface area contributed by atoms with E-state index in [9.17, 15) is 4.39 Å². The van der Waals surface area contributed by atoms with Gasteiger partial charge < -0.3 is 10.6 Å². The average molecular weight is 335 g/mol. The molecule has 0 unspecified atom stereocenters. The Bertz CT molecular complexity index is 671. The van der Waals surface area contributed by atoms with Gasteiger partial charge in [-0.3, -0.25) is 0 Å². The van der Waals surface area contributed by atoms with E-state index in [1.54, 1.807) is 12.1 Å². The summed E-state index contributed by atoms with van der Waals surface area (Å²) in [6.45, 7) is 0. The molecule has 2 nitrogen and oxygen atoms in total. The van der Waals surface area contributed by atoms with Crippen molar-refractivity contribution in [3.63, 3.8) is 0 Å². The van der Waals surface area contributed by atoms with Gasteiger partial charge in [-0.2, -0.15) is 0 Å². The van der Waals surface area contributed by atoms with E-state index >= 15 is 0 Å². The average Bonchev–Trinajstić information content (AvgIpc) is 3.31. The minimum absolute atomic E-state index is 0.215. The van der Waals surface area contributed by atoms with Crippen LogP contribution in [0.5, 0.6) is 0 Å². The Labute approximate surface area is 139 Å². The summed E-state index contributed by atoms with van der Waals surface area (Å²) in [6, 6.07) is 14.2. The Morgan fingerprint density at radius 3 is 2.45 bits per heavy atom. The molecule has 0 heterocycles. The Balaban J connectivity index is 1.88. The Hall–Kier alpha value is -1.65. The van der Waals surface area contributed by atoms with Gasteiger partial charge >= 0.3 is 0 Å². The fourth-order valence-corrected chi connectivity index (χ4v) is 2.82. The van der Waals surface area contributed by atoms with Gasteiger partial charge in [0.15, 0.2) is 5.11 Å². The summed E-state index contributed by atoms with van der Waals surface area (Å²) in [5.41, 5.74) is 1.82. The Morgan fingerprint density at radius 2 is 1.82 bits per heavy atom. The van der Waals surface area contributed by atoms with E-state index in [0.29, 0.717) is 16.2 Å². The molecule has 1 fully saturated rings. The SMILES string of the molecule is Fc1ccc([C@H](NC(=S)NC2CC2)c2ccccc2Cl)cc1. The second kappa shape index (κ2) is 6.63. The maximum Gasteiger partial charge on any atom is 0.167 e. The maximum atomic E-state index is 13.2. The molecule has 1 saturated carbocycles. The van der Waals surface area contributed by atoms with Crippen LogP contribution in [-0.4, -0.2) is 11.2 Å². The lowest BCUT2D eigenvalue weighted by Gasteiger charge is -2.23. The van der Waals surface area contributed by atoms with Crippen LogP contribution in [-0.2, 0) is 0 Å². The van der Waals surface area contributed by atoms with Gasteiger partial charge in [0.2, 0.25) is 0 Å². The number of halogens is 2. The first kappa shape index (κ1) is 15.3. The van der Waals surface area contributed by atoms with Gasteiger partial charge in [0.05, 0.1) is 6.04 Å². The molecule has 0 aromatic heterocycles. The number of benzene rings is 2. The zero-order chi connectivity index (χ0) is 15.5. The minimum atomic E-state index is -0.264. The molecule has 0 bridgehead atoms. The van der Waals surface area contributed by atoms with Gasteiger partial charge in [0, 0.05) is 11.1 Å².